The molecule has 0 bridgehead atoms. The van der Waals surface area contributed by atoms with E-state index in [9.17, 15) is 14.2 Å². The van der Waals surface area contributed by atoms with Crippen molar-refractivity contribution in [3.8, 4) is 0 Å². The third-order valence-corrected chi connectivity index (χ3v) is 10.5. The van der Waals surface area contributed by atoms with Crippen molar-refractivity contribution in [2.45, 2.75) is 225 Å². The summed E-state index contributed by atoms with van der Waals surface area (Å²) in [5.74, 6) is -0.896. The van der Waals surface area contributed by atoms with Crippen LogP contribution in [0.25, 0.3) is 0 Å². The fourth-order valence-corrected chi connectivity index (χ4v) is 6.90. The SMILES string of the molecule is CC/C=C\C/C=C\C/C=C\CCCCCCCCCC(=O)OC(COC(=O)CCCCCCCCCCCCC/C=C\C/C=C\CCCCCCC)COP(=O)(O)O. The van der Waals surface area contributed by atoms with Crippen molar-refractivity contribution in [1.82, 2.24) is 0 Å². The van der Waals surface area contributed by atoms with Gasteiger partial charge in [0.05, 0.1) is 6.61 Å². The summed E-state index contributed by atoms with van der Waals surface area (Å²) in [6.07, 6.45) is 56.6. The van der Waals surface area contributed by atoms with Gasteiger partial charge in [-0.3, -0.25) is 14.1 Å². The van der Waals surface area contributed by atoms with Gasteiger partial charge in [-0.25, -0.2) is 4.57 Å². The largest absolute Gasteiger partial charge is 0.469 e. The predicted molar refractivity (Wildman–Crippen MR) is 244 cm³/mol. The first-order valence-corrected chi connectivity index (χ1v) is 25.1. The van der Waals surface area contributed by atoms with Crippen molar-refractivity contribution in [2.75, 3.05) is 13.2 Å². The van der Waals surface area contributed by atoms with Crippen molar-refractivity contribution < 1.29 is 37.9 Å². The minimum Gasteiger partial charge on any atom is -0.462 e. The first kappa shape index (κ1) is 55.8. The molecule has 0 saturated carbocycles. The van der Waals surface area contributed by atoms with Crippen LogP contribution in [0.2, 0.25) is 0 Å². The topological polar surface area (TPSA) is 119 Å². The highest BCUT2D eigenvalue weighted by Crippen LogP contribution is 2.36. The summed E-state index contributed by atoms with van der Waals surface area (Å²) in [6.45, 7) is 3.57. The van der Waals surface area contributed by atoms with Crippen molar-refractivity contribution in [3.05, 3.63) is 60.8 Å². The average molecular weight is 835 g/mol. The van der Waals surface area contributed by atoms with Gasteiger partial charge < -0.3 is 19.3 Å². The highest BCUT2D eigenvalue weighted by atomic mass is 31.2. The lowest BCUT2D eigenvalue weighted by Gasteiger charge is -2.18. The van der Waals surface area contributed by atoms with Crippen LogP contribution >= 0.6 is 7.82 Å². The number of phosphoric ester groups is 1. The number of esters is 2. The van der Waals surface area contributed by atoms with Gasteiger partial charge in [-0.1, -0.05) is 190 Å². The maximum Gasteiger partial charge on any atom is 0.469 e. The molecule has 0 aliphatic carbocycles. The number of allylic oxidation sites excluding steroid dienone is 10. The second kappa shape index (κ2) is 44.3. The number of rotatable bonds is 43. The molecule has 0 spiro atoms. The molecule has 1 unspecified atom stereocenters. The quantitative estimate of drug-likeness (QED) is 0.0270. The van der Waals surface area contributed by atoms with Gasteiger partial charge in [0.1, 0.15) is 6.61 Å². The summed E-state index contributed by atoms with van der Waals surface area (Å²) < 4.78 is 26.5. The second-order valence-electron chi connectivity index (χ2n) is 15.7. The van der Waals surface area contributed by atoms with E-state index in [4.69, 9.17) is 19.3 Å². The maximum absolute atomic E-state index is 12.4. The molecule has 336 valence electrons. The van der Waals surface area contributed by atoms with Gasteiger partial charge >= 0.3 is 19.8 Å². The molecule has 0 rings (SSSR count). The highest BCUT2D eigenvalue weighted by molar-refractivity contribution is 7.46. The van der Waals surface area contributed by atoms with Crippen LogP contribution in [0.3, 0.4) is 0 Å². The summed E-state index contributed by atoms with van der Waals surface area (Å²) in [4.78, 5) is 43.0. The number of hydrogen-bond acceptors (Lipinski definition) is 6. The van der Waals surface area contributed by atoms with Crippen LogP contribution in [0.1, 0.15) is 219 Å². The van der Waals surface area contributed by atoms with Crippen LogP contribution in [-0.4, -0.2) is 41.0 Å². The number of unbranched alkanes of at least 4 members (excludes halogenated alkanes) is 23. The number of hydrogen-bond donors (Lipinski definition) is 2. The van der Waals surface area contributed by atoms with Crippen LogP contribution in [-0.2, 0) is 28.2 Å². The Morgan fingerprint density at radius 2 is 0.828 bits per heavy atom. The molecule has 0 aromatic carbocycles. The van der Waals surface area contributed by atoms with E-state index in [1.54, 1.807) is 0 Å². The molecule has 0 radical (unpaired) electrons. The van der Waals surface area contributed by atoms with Crippen LogP contribution in [0.5, 0.6) is 0 Å². The van der Waals surface area contributed by atoms with Gasteiger partial charge in [-0.05, 0) is 77.0 Å². The van der Waals surface area contributed by atoms with Gasteiger partial charge in [0.25, 0.3) is 0 Å². The van der Waals surface area contributed by atoms with Gasteiger partial charge in [0.2, 0.25) is 0 Å². The third kappa shape index (κ3) is 46.4. The molecule has 0 aliphatic heterocycles. The molecule has 0 saturated heterocycles. The highest BCUT2D eigenvalue weighted by Gasteiger charge is 2.23. The van der Waals surface area contributed by atoms with Crippen molar-refractivity contribution in [3.63, 3.8) is 0 Å². The molecule has 0 amide bonds. The molecule has 8 nitrogen and oxygen atoms in total. The Bertz CT molecular complexity index is 1120. The van der Waals surface area contributed by atoms with Crippen LogP contribution in [0.4, 0.5) is 0 Å². The lowest BCUT2D eigenvalue weighted by Crippen LogP contribution is -2.29. The van der Waals surface area contributed by atoms with Crippen molar-refractivity contribution in [1.29, 1.82) is 0 Å². The lowest BCUT2D eigenvalue weighted by atomic mass is 10.0. The van der Waals surface area contributed by atoms with E-state index < -0.39 is 32.5 Å². The number of ether oxygens (including phenoxy) is 2. The van der Waals surface area contributed by atoms with E-state index in [-0.39, 0.29) is 19.4 Å². The molecule has 0 aromatic heterocycles. The van der Waals surface area contributed by atoms with Crippen molar-refractivity contribution >= 4 is 19.8 Å². The monoisotopic (exact) mass is 835 g/mol. The van der Waals surface area contributed by atoms with E-state index in [0.717, 1.165) is 70.6 Å². The number of carbonyl (C=O) groups excluding carboxylic acids is 2. The Balaban J connectivity index is 3.86. The molecule has 0 heterocycles. The van der Waals surface area contributed by atoms with Gasteiger partial charge in [0.15, 0.2) is 6.10 Å². The third-order valence-electron chi connectivity index (χ3n) is 10.0. The van der Waals surface area contributed by atoms with Crippen LogP contribution < -0.4 is 0 Å². The molecule has 1 atom stereocenters. The maximum atomic E-state index is 12.4. The lowest BCUT2D eigenvalue weighted by molar-refractivity contribution is -0.161. The molecule has 0 aliphatic rings. The predicted octanol–water partition coefficient (Wildman–Crippen LogP) is 14.9. The molecule has 58 heavy (non-hydrogen) atoms. The molecular formula is C49H87O8P. The minimum atomic E-state index is -4.76. The smallest absolute Gasteiger partial charge is 0.462 e. The van der Waals surface area contributed by atoms with E-state index in [0.29, 0.717) is 6.42 Å². The Hall–Kier alpha value is -2.25. The van der Waals surface area contributed by atoms with Crippen LogP contribution in [0, 0.1) is 0 Å². The standard InChI is InChI=1S/C49H87O8P/c1-3-5-7-9-11-13-15-17-19-21-22-23-24-25-26-28-29-31-33-35-37-39-41-43-48(50)55-45-47(46-56-58(52,53)54)57-49(51)44-42-40-38-36-34-32-30-27-20-18-16-14-12-10-8-6-4-2/h6,8,12,14-15,17-18,20-22,47H,3-5,7,9-11,13,16,19,23-46H2,1-2H3,(H2,52,53,54)/b8-6-,14-12-,17-15-,20-18-,22-21-. The minimum absolute atomic E-state index is 0.199. The Labute approximate surface area is 356 Å². The molecule has 0 aromatic rings. The molecular weight excluding hydrogens is 748 g/mol. The van der Waals surface area contributed by atoms with Crippen molar-refractivity contribution in [2.24, 2.45) is 0 Å². The zero-order valence-electron chi connectivity index (χ0n) is 37.2. The van der Waals surface area contributed by atoms with Gasteiger partial charge in [-0.2, -0.15) is 0 Å². The van der Waals surface area contributed by atoms with E-state index in [1.807, 2.05) is 0 Å². The number of carbonyl (C=O) groups is 2. The Morgan fingerprint density at radius 3 is 1.24 bits per heavy atom. The summed E-state index contributed by atoms with van der Waals surface area (Å²) in [5.41, 5.74) is 0. The fraction of sp³-hybridized carbons (Fsp3) is 0.755. The fourth-order valence-electron chi connectivity index (χ4n) is 6.54. The Kier molecular flexibility index (Phi) is 42.6. The summed E-state index contributed by atoms with van der Waals surface area (Å²) in [7, 11) is -4.76. The Morgan fingerprint density at radius 1 is 0.466 bits per heavy atom. The summed E-state index contributed by atoms with van der Waals surface area (Å²) in [5, 5.41) is 0. The normalized spacial score (nSPS) is 13.0. The average Bonchev–Trinajstić information content (AvgIpc) is 3.20. The summed E-state index contributed by atoms with van der Waals surface area (Å²) >= 11 is 0. The molecule has 2 N–H and O–H groups in total. The van der Waals surface area contributed by atoms with Gasteiger partial charge in [0, 0.05) is 12.8 Å². The van der Waals surface area contributed by atoms with Gasteiger partial charge in [-0.15, -0.1) is 0 Å². The second-order valence-corrected chi connectivity index (χ2v) is 16.9. The number of phosphoric acid groups is 1. The first-order chi connectivity index (χ1) is 28.3. The van der Waals surface area contributed by atoms with E-state index in [1.165, 1.54) is 116 Å². The zero-order chi connectivity index (χ0) is 42.5. The molecule has 0 fully saturated rings. The zero-order valence-corrected chi connectivity index (χ0v) is 38.1. The first-order valence-electron chi connectivity index (χ1n) is 23.6. The molecule has 9 heteroatoms. The van der Waals surface area contributed by atoms with Crippen LogP contribution in [0.15, 0.2) is 60.8 Å². The summed E-state index contributed by atoms with van der Waals surface area (Å²) in [6, 6.07) is 0. The van der Waals surface area contributed by atoms with E-state index in [2.05, 4.69) is 79.1 Å². The van der Waals surface area contributed by atoms with E-state index >= 15 is 0 Å².